The molecule has 0 aliphatic rings. The number of halogens is 1. The highest BCUT2D eigenvalue weighted by Gasteiger charge is 2.25. The minimum Gasteiger partial charge on any atom is -0.474 e. The van der Waals surface area contributed by atoms with Crippen molar-refractivity contribution in [2.24, 2.45) is 5.73 Å². The minimum absolute atomic E-state index is 0.00399. The summed E-state index contributed by atoms with van der Waals surface area (Å²) in [7, 11) is 1.56. The van der Waals surface area contributed by atoms with Gasteiger partial charge in [0.1, 0.15) is 23.7 Å². The van der Waals surface area contributed by atoms with E-state index in [4.69, 9.17) is 19.9 Å². The molecule has 15 heteroatoms. The van der Waals surface area contributed by atoms with Crippen molar-refractivity contribution in [1.82, 2.24) is 30.3 Å². The van der Waals surface area contributed by atoms with Gasteiger partial charge in [-0.15, -0.1) is 4.80 Å². The normalized spacial score (nSPS) is 12.7. The zero-order chi connectivity index (χ0) is 32.3. The van der Waals surface area contributed by atoms with E-state index in [1.807, 2.05) is 0 Å². The third kappa shape index (κ3) is 10.0. The van der Waals surface area contributed by atoms with E-state index in [1.165, 1.54) is 23.4 Å². The van der Waals surface area contributed by atoms with Crippen LogP contribution in [-0.4, -0.2) is 75.0 Å². The molecular formula is C29H42FN9O5. The summed E-state index contributed by atoms with van der Waals surface area (Å²) in [5, 5.41) is 17.3. The molecule has 2 atom stereocenters. The molecule has 0 bridgehead atoms. The minimum atomic E-state index is -0.883. The number of alkyl carbamates (subject to hydrolysis) is 1. The molecule has 2 amide bonds. The number of primary amides is 1. The zero-order valence-electron chi connectivity index (χ0n) is 26.0. The van der Waals surface area contributed by atoms with Crippen molar-refractivity contribution in [1.29, 1.82) is 0 Å². The van der Waals surface area contributed by atoms with E-state index < -0.39 is 35.5 Å². The SMILES string of the molecule is CCCCC[C@@H](Nc1nc(Nc2cnc(OCCOC)c(-n3nccn3)c2)c(C(N)=O)cc1F)[C@H](C)NC(=O)OC(C)(C)C. The lowest BCUT2D eigenvalue weighted by Gasteiger charge is -2.28. The summed E-state index contributed by atoms with van der Waals surface area (Å²) < 4.78 is 31.5. The Labute approximate surface area is 256 Å². The number of rotatable bonds is 16. The van der Waals surface area contributed by atoms with Crippen molar-refractivity contribution in [2.45, 2.75) is 78.0 Å². The second-order valence-electron chi connectivity index (χ2n) is 11.1. The van der Waals surface area contributed by atoms with Gasteiger partial charge < -0.3 is 35.9 Å². The molecule has 0 spiro atoms. The van der Waals surface area contributed by atoms with Gasteiger partial charge in [-0.1, -0.05) is 26.2 Å². The van der Waals surface area contributed by atoms with Crippen LogP contribution < -0.4 is 26.4 Å². The lowest BCUT2D eigenvalue weighted by atomic mass is 10.0. The fourth-order valence-corrected chi connectivity index (χ4v) is 4.17. The topological polar surface area (TPSA) is 180 Å². The van der Waals surface area contributed by atoms with Crippen LogP contribution in [0.5, 0.6) is 5.88 Å². The van der Waals surface area contributed by atoms with E-state index in [0.29, 0.717) is 24.4 Å². The summed E-state index contributed by atoms with van der Waals surface area (Å²) in [5.74, 6) is -1.55. The maximum Gasteiger partial charge on any atom is 0.407 e. The molecule has 240 valence electrons. The monoisotopic (exact) mass is 615 g/mol. The first kappa shape index (κ1) is 34.0. The zero-order valence-corrected chi connectivity index (χ0v) is 26.0. The van der Waals surface area contributed by atoms with E-state index in [9.17, 15) is 9.59 Å². The van der Waals surface area contributed by atoms with Gasteiger partial charge >= 0.3 is 6.09 Å². The fourth-order valence-electron chi connectivity index (χ4n) is 4.17. The van der Waals surface area contributed by atoms with Crippen LogP contribution in [0.25, 0.3) is 5.69 Å². The Morgan fingerprint density at radius 1 is 1.11 bits per heavy atom. The van der Waals surface area contributed by atoms with Crippen LogP contribution in [0.4, 0.5) is 26.5 Å². The van der Waals surface area contributed by atoms with Gasteiger partial charge in [0.25, 0.3) is 5.91 Å². The smallest absolute Gasteiger partial charge is 0.407 e. The summed E-state index contributed by atoms with van der Waals surface area (Å²) in [6.45, 7) is 9.78. The number of pyridine rings is 2. The van der Waals surface area contributed by atoms with Crippen LogP contribution in [0, 0.1) is 5.82 Å². The Bertz CT molecular complexity index is 1380. The van der Waals surface area contributed by atoms with E-state index in [1.54, 1.807) is 40.9 Å². The molecule has 0 aliphatic heterocycles. The number of hydrogen-bond acceptors (Lipinski definition) is 11. The van der Waals surface area contributed by atoms with Crippen LogP contribution in [0.1, 0.15) is 70.7 Å². The molecule has 3 aromatic heterocycles. The maximum absolute atomic E-state index is 15.3. The Balaban J connectivity index is 1.92. The summed E-state index contributed by atoms with van der Waals surface area (Å²) in [4.78, 5) is 34.8. The quantitative estimate of drug-likeness (QED) is 0.168. The van der Waals surface area contributed by atoms with E-state index in [0.717, 1.165) is 25.3 Å². The standard InChI is InChI=1S/C29H42FN9O5/c1-7-8-9-10-22(18(2)35-28(41)44-29(3,4)5)37-26-21(30)16-20(24(31)40)25(38-26)36-19-15-23(39-33-11-12-34-39)27(32-17-19)43-14-13-42-6/h11-12,15-18,22H,7-10,13-14H2,1-6H3,(H2,31,40)(H,35,41)(H2,36,37,38)/t18-,22+/m0/s1. The van der Waals surface area contributed by atoms with Gasteiger partial charge in [0.15, 0.2) is 11.6 Å². The Morgan fingerprint density at radius 2 is 1.84 bits per heavy atom. The number of carbonyl (C=O) groups is 2. The summed E-state index contributed by atoms with van der Waals surface area (Å²) in [6.07, 6.45) is 7.24. The van der Waals surface area contributed by atoms with E-state index in [-0.39, 0.29) is 29.7 Å². The molecule has 3 rings (SSSR count). The molecule has 44 heavy (non-hydrogen) atoms. The van der Waals surface area contributed by atoms with Crippen molar-refractivity contribution in [3.63, 3.8) is 0 Å². The molecule has 0 saturated carbocycles. The predicted molar refractivity (Wildman–Crippen MR) is 163 cm³/mol. The summed E-state index contributed by atoms with van der Waals surface area (Å²) in [5.41, 5.74) is 5.51. The third-order valence-electron chi connectivity index (χ3n) is 6.29. The Kier molecular flexibility index (Phi) is 12.2. The highest BCUT2D eigenvalue weighted by Crippen LogP contribution is 2.28. The molecule has 5 N–H and O–H groups in total. The van der Waals surface area contributed by atoms with Gasteiger partial charge in [0.2, 0.25) is 5.88 Å². The number of amides is 2. The first-order chi connectivity index (χ1) is 20.9. The largest absolute Gasteiger partial charge is 0.474 e. The van der Waals surface area contributed by atoms with Gasteiger partial charge in [-0.2, -0.15) is 10.2 Å². The number of methoxy groups -OCH3 is 1. The van der Waals surface area contributed by atoms with Crippen molar-refractivity contribution >= 4 is 29.3 Å². The Morgan fingerprint density at radius 3 is 2.48 bits per heavy atom. The molecule has 0 aliphatic carbocycles. The highest BCUT2D eigenvalue weighted by molar-refractivity contribution is 5.98. The number of nitrogens with one attached hydrogen (secondary N) is 3. The first-order valence-corrected chi connectivity index (χ1v) is 14.4. The van der Waals surface area contributed by atoms with Gasteiger partial charge in [-0.25, -0.2) is 19.2 Å². The molecule has 0 saturated heterocycles. The lowest BCUT2D eigenvalue weighted by Crippen LogP contribution is -2.46. The highest BCUT2D eigenvalue weighted by atomic mass is 19.1. The van der Waals surface area contributed by atoms with Gasteiger partial charge in [-0.05, 0) is 46.2 Å². The number of ether oxygens (including phenoxy) is 3. The molecule has 0 radical (unpaired) electrons. The number of anilines is 3. The molecule has 0 fully saturated rings. The number of unbranched alkanes of at least 4 members (excludes halogenated alkanes) is 2. The number of nitrogens with two attached hydrogens (primary N) is 1. The van der Waals surface area contributed by atoms with Crippen LogP contribution in [0.2, 0.25) is 0 Å². The number of hydrogen-bond donors (Lipinski definition) is 4. The van der Waals surface area contributed by atoms with Crippen LogP contribution in [-0.2, 0) is 9.47 Å². The molecule has 3 aromatic rings. The molecule has 0 unspecified atom stereocenters. The van der Waals surface area contributed by atoms with Crippen molar-refractivity contribution < 1.29 is 28.2 Å². The average molecular weight is 616 g/mol. The molecule has 0 aromatic carbocycles. The van der Waals surface area contributed by atoms with Crippen molar-refractivity contribution in [3.05, 3.63) is 42.1 Å². The van der Waals surface area contributed by atoms with Gasteiger partial charge in [0.05, 0.1) is 36.4 Å². The summed E-state index contributed by atoms with van der Waals surface area (Å²) in [6, 6.07) is 1.79. The van der Waals surface area contributed by atoms with Crippen LogP contribution >= 0.6 is 0 Å². The number of carbonyl (C=O) groups excluding carboxylic acids is 2. The van der Waals surface area contributed by atoms with E-state index in [2.05, 4.69) is 43.0 Å². The van der Waals surface area contributed by atoms with Crippen LogP contribution in [0.15, 0.2) is 30.7 Å². The fraction of sp³-hybridized carbons (Fsp3) is 0.517. The van der Waals surface area contributed by atoms with E-state index >= 15 is 4.39 Å². The van der Waals surface area contributed by atoms with Crippen LogP contribution in [0.3, 0.4) is 0 Å². The third-order valence-corrected chi connectivity index (χ3v) is 6.29. The lowest BCUT2D eigenvalue weighted by molar-refractivity contribution is 0.0502. The maximum atomic E-state index is 15.3. The summed E-state index contributed by atoms with van der Waals surface area (Å²) >= 11 is 0. The average Bonchev–Trinajstić information content (AvgIpc) is 3.48. The number of nitrogens with zero attached hydrogens (tertiary/aromatic N) is 5. The predicted octanol–water partition coefficient (Wildman–Crippen LogP) is 4.34. The van der Waals surface area contributed by atoms with Gasteiger partial charge in [-0.3, -0.25) is 4.79 Å². The van der Waals surface area contributed by atoms with Crippen molar-refractivity contribution in [2.75, 3.05) is 31.0 Å². The second kappa shape index (κ2) is 15.8. The van der Waals surface area contributed by atoms with Crippen molar-refractivity contribution in [3.8, 4) is 11.6 Å². The molecule has 14 nitrogen and oxygen atoms in total. The number of aromatic nitrogens is 5. The first-order valence-electron chi connectivity index (χ1n) is 14.4. The molecule has 3 heterocycles. The molecular weight excluding hydrogens is 573 g/mol. The second-order valence-corrected chi connectivity index (χ2v) is 11.1. The Hall–Kier alpha value is -4.53. The van der Waals surface area contributed by atoms with Gasteiger partial charge in [0, 0.05) is 19.2 Å².